The molecule has 1 fully saturated rings. The van der Waals surface area contributed by atoms with Crippen molar-refractivity contribution in [3.05, 3.63) is 17.2 Å². The van der Waals surface area contributed by atoms with Gasteiger partial charge in [-0.05, 0) is 13.0 Å². The molecule has 3 heterocycles. The number of hydrogen-bond acceptors (Lipinski definition) is 6. The van der Waals surface area contributed by atoms with Crippen molar-refractivity contribution < 1.29 is 8.42 Å². The van der Waals surface area contributed by atoms with Crippen molar-refractivity contribution in [1.29, 1.82) is 0 Å². The van der Waals surface area contributed by atoms with Crippen molar-refractivity contribution in [2.24, 2.45) is 7.05 Å². The van der Waals surface area contributed by atoms with Gasteiger partial charge in [0.25, 0.3) is 0 Å². The highest BCUT2D eigenvalue weighted by molar-refractivity contribution is 7.91. The summed E-state index contributed by atoms with van der Waals surface area (Å²) in [6, 6.07) is 0. The SMILES string of the molecule is Cn1ncc2c(Cl)nc(CN3CCCS(=O)(=O)CC3)nc21. The van der Waals surface area contributed by atoms with E-state index in [1.165, 1.54) is 0 Å². The van der Waals surface area contributed by atoms with Gasteiger partial charge in [-0.2, -0.15) is 5.10 Å². The van der Waals surface area contributed by atoms with Crippen LogP contribution < -0.4 is 0 Å². The Balaban J connectivity index is 1.83. The first kappa shape index (κ1) is 14.7. The monoisotopic (exact) mass is 329 g/mol. The first-order valence-corrected chi connectivity index (χ1v) is 8.91. The average molecular weight is 330 g/mol. The summed E-state index contributed by atoms with van der Waals surface area (Å²) >= 11 is 6.15. The molecule has 0 spiro atoms. The van der Waals surface area contributed by atoms with Gasteiger partial charge in [-0.25, -0.2) is 18.4 Å². The maximum Gasteiger partial charge on any atom is 0.162 e. The predicted octanol–water partition coefficient (Wildman–Crippen LogP) is 0.637. The number of nitrogens with zero attached hydrogens (tertiary/aromatic N) is 5. The highest BCUT2D eigenvalue weighted by Gasteiger charge is 2.20. The van der Waals surface area contributed by atoms with Crippen LogP contribution >= 0.6 is 11.6 Å². The summed E-state index contributed by atoms with van der Waals surface area (Å²) in [6.45, 7) is 1.73. The van der Waals surface area contributed by atoms with Gasteiger partial charge in [0.1, 0.15) is 11.0 Å². The number of fused-ring (bicyclic) bond motifs is 1. The lowest BCUT2D eigenvalue weighted by Crippen LogP contribution is -2.27. The van der Waals surface area contributed by atoms with Crippen LogP contribution in [0.2, 0.25) is 5.15 Å². The third kappa shape index (κ3) is 3.17. The summed E-state index contributed by atoms with van der Waals surface area (Å²) < 4.78 is 24.9. The van der Waals surface area contributed by atoms with Crippen LogP contribution in [0.3, 0.4) is 0 Å². The normalized spacial score (nSPS) is 19.7. The third-order valence-electron chi connectivity index (χ3n) is 3.61. The fraction of sp³-hybridized carbons (Fsp3) is 0.583. The smallest absolute Gasteiger partial charge is 0.162 e. The molecule has 0 bridgehead atoms. The molecule has 1 saturated heterocycles. The summed E-state index contributed by atoms with van der Waals surface area (Å²) in [4.78, 5) is 10.8. The van der Waals surface area contributed by atoms with Crippen LogP contribution in [0.4, 0.5) is 0 Å². The Labute approximate surface area is 127 Å². The van der Waals surface area contributed by atoms with Crippen LogP contribution in [-0.4, -0.2) is 57.7 Å². The third-order valence-corrected chi connectivity index (χ3v) is 5.61. The maximum absolute atomic E-state index is 11.6. The van der Waals surface area contributed by atoms with Gasteiger partial charge < -0.3 is 0 Å². The number of hydrogen-bond donors (Lipinski definition) is 0. The lowest BCUT2D eigenvalue weighted by molar-refractivity contribution is 0.280. The number of halogens is 1. The summed E-state index contributed by atoms with van der Waals surface area (Å²) in [7, 11) is -1.11. The molecule has 0 aromatic carbocycles. The minimum atomic E-state index is -2.91. The molecule has 21 heavy (non-hydrogen) atoms. The lowest BCUT2D eigenvalue weighted by atomic mass is 10.3. The van der Waals surface area contributed by atoms with E-state index >= 15 is 0 Å². The quantitative estimate of drug-likeness (QED) is 0.752. The molecule has 3 rings (SSSR count). The minimum Gasteiger partial charge on any atom is -0.295 e. The van der Waals surface area contributed by atoms with Gasteiger partial charge in [0.15, 0.2) is 15.5 Å². The van der Waals surface area contributed by atoms with E-state index < -0.39 is 9.84 Å². The Morgan fingerprint density at radius 1 is 1.29 bits per heavy atom. The summed E-state index contributed by atoms with van der Waals surface area (Å²) in [5.74, 6) is 1.04. The molecule has 7 nitrogen and oxygen atoms in total. The predicted molar refractivity (Wildman–Crippen MR) is 79.9 cm³/mol. The van der Waals surface area contributed by atoms with E-state index in [-0.39, 0.29) is 11.5 Å². The number of rotatable bonds is 2. The topological polar surface area (TPSA) is 81.0 Å². The summed E-state index contributed by atoms with van der Waals surface area (Å²) in [5.41, 5.74) is 0.687. The number of sulfone groups is 1. The molecule has 2 aromatic heterocycles. The van der Waals surface area contributed by atoms with Gasteiger partial charge in [-0.15, -0.1) is 0 Å². The van der Waals surface area contributed by atoms with Crippen LogP contribution in [-0.2, 0) is 23.4 Å². The zero-order chi connectivity index (χ0) is 15.0. The lowest BCUT2D eigenvalue weighted by Gasteiger charge is -2.18. The molecule has 0 amide bonds. The number of aromatic nitrogens is 4. The van der Waals surface area contributed by atoms with Gasteiger partial charge in [-0.1, -0.05) is 11.6 Å². The average Bonchev–Trinajstić information content (AvgIpc) is 2.69. The second-order valence-corrected chi connectivity index (χ2v) is 7.88. The Hall–Kier alpha value is -1.25. The van der Waals surface area contributed by atoms with Crippen LogP contribution in [0.25, 0.3) is 11.0 Å². The van der Waals surface area contributed by atoms with Crippen molar-refractivity contribution in [3.8, 4) is 0 Å². The van der Waals surface area contributed by atoms with Gasteiger partial charge in [0.2, 0.25) is 0 Å². The molecule has 0 radical (unpaired) electrons. The zero-order valence-electron chi connectivity index (χ0n) is 11.7. The molecule has 1 aliphatic rings. The molecule has 1 aliphatic heterocycles. The molecular weight excluding hydrogens is 314 g/mol. The van der Waals surface area contributed by atoms with Crippen LogP contribution in [0.5, 0.6) is 0 Å². The van der Waals surface area contributed by atoms with Crippen molar-refractivity contribution in [2.45, 2.75) is 13.0 Å². The van der Waals surface area contributed by atoms with E-state index in [0.29, 0.717) is 36.1 Å². The second kappa shape index (κ2) is 5.51. The molecule has 0 N–H and O–H groups in total. The Morgan fingerprint density at radius 3 is 2.90 bits per heavy atom. The zero-order valence-corrected chi connectivity index (χ0v) is 13.2. The molecule has 0 unspecified atom stereocenters. The largest absolute Gasteiger partial charge is 0.295 e. The van der Waals surface area contributed by atoms with E-state index in [9.17, 15) is 8.42 Å². The van der Waals surface area contributed by atoms with Crippen LogP contribution in [0.1, 0.15) is 12.2 Å². The Kier molecular flexibility index (Phi) is 3.85. The van der Waals surface area contributed by atoms with E-state index in [1.807, 2.05) is 0 Å². The highest BCUT2D eigenvalue weighted by atomic mass is 35.5. The van der Waals surface area contributed by atoms with E-state index in [0.717, 1.165) is 11.9 Å². The van der Waals surface area contributed by atoms with Crippen molar-refractivity contribution in [2.75, 3.05) is 24.6 Å². The van der Waals surface area contributed by atoms with Crippen molar-refractivity contribution >= 4 is 32.5 Å². The Morgan fingerprint density at radius 2 is 2.10 bits per heavy atom. The minimum absolute atomic E-state index is 0.189. The summed E-state index contributed by atoms with van der Waals surface area (Å²) in [6.07, 6.45) is 2.28. The van der Waals surface area contributed by atoms with E-state index in [2.05, 4.69) is 20.0 Å². The first-order chi connectivity index (χ1) is 9.94. The second-order valence-electron chi connectivity index (χ2n) is 5.22. The highest BCUT2D eigenvalue weighted by Crippen LogP contribution is 2.20. The Bertz CT molecular complexity index is 773. The van der Waals surface area contributed by atoms with Gasteiger partial charge >= 0.3 is 0 Å². The molecule has 9 heteroatoms. The molecular formula is C12H16ClN5O2S. The van der Waals surface area contributed by atoms with Crippen LogP contribution in [0.15, 0.2) is 6.20 Å². The van der Waals surface area contributed by atoms with Gasteiger partial charge in [0, 0.05) is 13.6 Å². The fourth-order valence-electron chi connectivity index (χ4n) is 2.45. The first-order valence-electron chi connectivity index (χ1n) is 6.71. The van der Waals surface area contributed by atoms with Gasteiger partial charge in [0.05, 0.1) is 29.6 Å². The van der Waals surface area contributed by atoms with E-state index in [1.54, 1.807) is 17.9 Å². The van der Waals surface area contributed by atoms with E-state index in [4.69, 9.17) is 11.6 Å². The van der Waals surface area contributed by atoms with Crippen molar-refractivity contribution in [1.82, 2.24) is 24.6 Å². The molecule has 0 atom stereocenters. The fourth-order valence-corrected chi connectivity index (χ4v) is 3.99. The maximum atomic E-state index is 11.6. The van der Waals surface area contributed by atoms with Gasteiger partial charge in [-0.3, -0.25) is 9.58 Å². The number of aryl methyl sites for hydroxylation is 1. The molecule has 0 aliphatic carbocycles. The standard InChI is InChI=1S/C12H16ClN5O2S/c1-17-12-9(7-14-17)11(13)15-10(16-12)8-18-3-2-5-21(19,20)6-4-18/h7H,2-6,8H2,1H3. The van der Waals surface area contributed by atoms with Crippen molar-refractivity contribution in [3.63, 3.8) is 0 Å². The molecule has 2 aromatic rings. The molecule has 114 valence electrons. The summed E-state index contributed by atoms with van der Waals surface area (Å²) in [5, 5.41) is 5.22. The molecule has 0 saturated carbocycles. The van der Waals surface area contributed by atoms with Crippen LogP contribution in [0, 0.1) is 0 Å².